The molecule has 1 aliphatic heterocycles. The van der Waals surface area contributed by atoms with Gasteiger partial charge in [-0.3, -0.25) is 9.59 Å². The second-order valence-electron chi connectivity index (χ2n) is 6.83. The summed E-state index contributed by atoms with van der Waals surface area (Å²) >= 11 is 0. The van der Waals surface area contributed by atoms with Crippen molar-refractivity contribution in [2.75, 3.05) is 35.7 Å². The molecule has 0 aliphatic carbocycles. The van der Waals surface area contributed by atoms with Crippen LogP contribution in [0.25, 0.3) is 0 Å². The molecule has 1 saturated heterocycles. The van der Waals surface area contributed by atoms with Gasteiger partial charge in [0.1, 0.15) is 12.4 Å². The molecule has 3 N–H and O–H groups in total. The zero-order valence-corrected chi connectivity index (χ0v) is 16.6. The van der Waals surface area contributed by atoms with Crippen molar-refractivity contribution in [2.45, 2.75) is 32.3 Å². The zero-order chi connectivity index (χ0) is 20.5. The summed E-state index contributed by atoms with van der Waals surface area (Å²) in [5.74, 6) is 0.424. The molecule has 7 nitrogen and oxygen atoms in total. The second-order valence-corrected chi connectivity index (χ2v) is 6.83. The lowest BCUT2D eigenvalue weighted by Crippen LogP contribution is -2.22. The molecule has 2 aromatic carbocycles. The highest BCUT2D eigenvalue weighted by molar-refractivity contribution is 5.95. The molecule has 1 aliphatic rings. The van der Waals surface area contributed by atoms with Gasteiger partial charge in [0.15, 0.2) is 0 Å². The van der Waals surface area contributed by atoms with Crippen molar-refractivity contribution < 1.29 is 19.1 Å². The van der Waals surface area contributed by atoms with E-state index in [1.54, 1.807) is 31.2 Å². The van der Waals surface area contributed by atoms with Crippen molar-refractivity contribution in [2.24, 2.45) is 0 Å². The molecular formula is C22H27N3O4. The van der Waals surface area contributed by atoms with Gasteiger partial charge in [-0.1, -0.05) is 25.1 Å². The molecule has 0 saturated carbocycles. The van der Waals surface area contributed by atoms with Gasteiger partial charge in [0.25, 0.3) is 0 Å². The van der Waals surface area contributed by atoms with E-state index in [-0.39, 0.29) is 24.5 Å². The smallest absolute Gasteiger partial charge is 0.243 e. The third-order valence-electron chi connectivity index (χ3n) is 4.53. The van der Waals surface area contributed by atoms with Gasteiger partial charge in [0.05, 0.1) is 18.3 Å². The van der Waals surface area contributed by atoms with E-state index in [1.165, 1.54) is 0 Å². The van der Waals surface area contributed by atoms with Crippen molar-refractivity contribution >= 4 is 28.9 Å². The number of carbonyl (C=O) groups excluding carboxylic acids is 2. The van der Waals surface area contributed by atoms with E-state index in [1.807, 2.05) is 24.3 Å². The van der Waals surface area contributed by atoms with Crippen LogP contribution in [0.3, 0.4) is 0 Å². The Morgan fingerprint density at radius 1 is 1.07 bits per heavy atom. The summed E-state index contributed by atoms with van der Waals surface area (Å²) in [6.45, 7) is 3.17. The zero-order valence-electron chi connectivity index (χ0n) is 16.6. The largest absolute Gasteiger partial charge is 0.489 e. The fourth-order valence-corrected chi connectivity index (χ4v) is 3.00. The molecule has 154 valence electrons. The van der Waals surface area contributed by atoms with Gasteiger partial charge in [-0.15, -0.1) is 0 Å². The average Bonchev–Trinajstić information content (AvgIpc) is 3.25. The Labute approximate surface area is 170 Å². The van der Waals surface area contributed by atoms with Gasteiger partial charge in [0.2, 0.25) is 11.8 Å². The van der Waals surface area contributed by atoms with Crippen molar-refractivity contribution in [3.05, 3.63) is 48.5 Å². The first-order valence-electron chi connectivity index (χ1n) is 9.91. The summed E-state index contributed by atoms with van der Waals surface area (Å²) in [6, 6.07) is 14.6. The van der Waals surface area contributed by atoms with Crippen LogP contribution in [0.15, 0.2) is 48.5 Å². The standard InChI is InChI=1S/C22H27N3O4/c1-2-21(26)24-16-7-5-8-17(13-16)25-22(27)14-23-19-10-3-4-11-20(19)29-15-18-9-6-12-28-18/h3-5,7-8,10-11,13,18,23H,2,6,9,12,14-15H2,1H3,(H,24,26)(H,25,27). The van der Waals surface area contributed by atoms with Crippen molar-refractivity contribution in [3.63, 3.8) is 0 Å². The minimum absolute atomic E-state index is 0.0743. The number of amides is 2. The number of anilines is 3. The molecular weight excluding hydrogens is 370 g/mol. The number of nitrogens with one attached hydrogen (secondary N) is 3. The number of hydrogen-bond acceptors (Lipinski definition) is 5. The topological polar surface area (TPSA) is 88.7 Å². The van der Waals surface area contributed by atoms with Crippen LogP contribution in [-0.4, -0.2) is 37.7 Å². The van der Waals surface area contributed by atoms with Gasteiger partial charge in [-0.05, 0) is 43.2 Å². The monoisotopic (exact) mass is 397 g/mol. The van der Waals surface area contributed by atoms with Crippen LogP contribution in [0.1, 0.15) is 26.2 Å². The van der Waals surface area contributed by atoms with E-state index in [9.17, 15) is 9.59 Å². The molecule has 2 aromatic rings. The van der Waals surface area contributed by atoms with E-state index in [0.717, 1.165) is 25.1 Å². The van der Waals surface area contributed by atoms with E-state index < -0.39 is 0 Å². The highest BCUT2D eigenvalue weighted by Crippen LogP contribution is 2.25. The van der Waals surface area contributed by atoms with Crippen LogP contribution in [0.4, 0.5) is 17.1 Å². The van der Waals surface area contributed by atoms with E-state index >= 15 is 0 Å². The summed E-state index contributed by atoms with van der Waals surface area (Å²) in [4.78, 5) is 23.8. The lowest BCUT2D eigenvalue weighted by atomic mass is 10.2. The van der Waals surface area contributed by atoms with Gasteiger partial charge < -0.3 is 25.4 Å². The number of para-hydroxylation sites is 2. The lowest BCUT2D eigenvalue weighted by Gasteiger charge is -2.15. The van der Waals surface area contributed by atoms with E-state index in [0.29, 0.717) is 30.2 Å². The Hall–Kier alpha value is -3.06. The molecule has 0 radical (unpaired) electrons. The van der Waals surface area contributed by atoms with Gasteiger partial charge in [0, 0.05) is 24.4 Å². The van der Waals surface area contributed by atoms with Crippen molar-refractivity contribution in [3.8, 4) is 5.75 Å². The fourth-order valence-electron chi connectivity index (χ4n) is 3.00. The maximum Gasteiger partial charge on any atom is 0.243 e. The molecule has 7 heteroatoms. The Morgan fingerprint density at radius 3 is 2.55 bits per heavy atom. The molecule has 1 atom stereocenters. The van der Waals surface area contributed by atoms with Crippen molar-refractivity contribution in [1.82, 2.24) is 0 Å². The Kier molecular flexibility index (Phi) is 7.47. The molecule has 0 aromatic heterocycles. The van der Waals surface area contributed by atoms with Crippen LogP contribution in [-0.2, 0) is 14.3 Å². The first-order valence-corrected chi connectivity index (χ1v) is 9.91. The summed E-state index contributed by atoms with van der Waals surface area (Å²) in [7, 11) is 0. The second kappa shape index (κ2) is 10.5. The number of benzene rings is 2. The number of rotatable bonds is 9. The average molecular weight is 397 g/mol. The quantitative estimate of drug-likeness (QED) is 0.601. The van der Waals surface area contributed by atoms with Crippen LogP contribution in [0.5, 0.6) is 5.75 Å². The number of ether oxygens (including phenoxy) is 2. The maximum absolute atomic E-state index is 12.3. The Bertz CT molecular complexity index is 834. The van der Waals surface area contributed by atoms with Gasteiger partial charge >= 0.3 is 0 Å². The predicted octanol–water partition coefficient (Wildman–Crippen LogP) is 3.64. The van der Waals surface area contributed by atoms with Gasteiger partial charge in [-0.2, -0.15) is 0 Å². The lowest BCUT2D eigenvalue weighted by molar-refractivity contribution is -0.116. The Morgan fingerprint density at radius 2 is 1.83 bits per heavy atom. The van der Waals surface area contributed by atoms with E-state index in [2.05, 4.69) is 16.0 Å². The highest BCUT2D eigenvalue weighted by atomic mass is 16.5. The number of carbonyl (C=O) groups is 2. The minimum Gasteiger partial charge on any atom is -0.489 e. The van der Waals surface area contributed by atoms with Gasteiger partial charge in [-0.25, -0.2) is 0 Å². The SMILES string of the molecule is CCC(=O)Nc1cccc(NC(=O)CNc2ccccc2OCC2CCCO2)c1. The fraction of sp³-hybridized carbons (Fsp3) is 0.364. The molecule has 0 bridgehead atoms. The summed E-state index contributed by atoms with van der Waals surface area (Å²) < 4.78 is 11.5. The molecule has 1 heterocycles. The maximum atomic E-state index is 12.3. The first-order chi connectivity index (χ1) is 14.1. The third-order valence-corrected chi connectivity index (χ3v) is 4.53. The van der Waals surface area contributed by atoms with E-state index in [4.69, 9.17) is 9.47 Å². The predicted molar refractivity (Wildman–Crippen MR) is 113 cm³/mol. The molecule has 2 amide bonds. The third kappa shape index (κ3) is 6.50. The Balaban J connectivity index is 1.51. The molecule has 1 unspecified atom stereocenters. The first kappa shape index (κ1) is 20.7. The van der Waals surface area contributed by atoms with Crippen LogP contribution >= 0.6 is 0 Å². The molecule has 29 heavy (non-hydrogen) atoms. The van der Waals surface area contributed by atoms with Crippen LogP contribution in [0, 0.1) is 0 Å². The highest BCUT2D eigenvalue weighted by Gasteiger charge is 2.16. The van der Waals surface area contributed by atoms with Crippen LogP contribution < -0.4 is 20.7 Å². The molecule has 1 fully saturated rings. The summed E-state index contributed by atoms with van der Waals surface area (Å²) in [5, 5.41) is 8.72. The summed E-state index contributed by atoms with van der Waals surface area (Å²) in [5.41, 5.74) is 2.02. The summed E-state index contributed by atoms with van der Waals surface area (Å²) in [6.07, 6.45) is 2.61. The normalized spacial score (nSPS) is 15.6. The van der Waals surface area contributed by atoms with Crippen LogP contribution in [0.2, 0.25) is 0 Å². The molecule has 3 rings (SSSR count). The number of hydrogen-bond donors (Lipinski definition) is 3. The minimum atomic E-state index is -0.196. The van der Waals surface area contributed by atoms with Crippen molar-refractivity contribution in [1.29, 1.82) is 0 Å². The molecule has 0 spiro atoms.